The summed E-state index contributed by atoms with van der Waals surface area (Å²) in [6.45, 7) is 3.36. The standard InChI is InChI=1S/C15H17FN2O5S/c1-6-11(7(2)23-18-6)12-9(16)3-8(4-17-12)22-15-14(21)13(20)10(19)5-24-15/h3-4,10,13-15,19-21H,5H2,1-2H3/t10-,13+,14-,15+/m1/s1. The van der Waals surface area contributed by atoms with Crippen LogP contribution in [0.15, 0.2) is 16.8 Å². The van der Waals surface area contributed by atoms with Gasteiger partial charge in [0.05, 0.1) is 23.6 Å². The van der Waals surface area contributed by atoms with Gasteiger partial charge in [0.2, 0.25) is 0 Å². The lowest BCUT2D eigenvalue weighted by molar-refractivity contribution is -0.0786. The summed E-state index contributed by atoms with van der Waals surface area (Å²) in [5, 5.41) is 32.9. The van der Waals surface area contributed by atoms with Crippen LogP contribution in [-0.2, 0) is 0 Å². The fourth-order valence-electron chi connectivity index (χ4n) is 2.51. The molecule has 24 heavy (non-hydrogen) atoms. The summed E-state index contributed by atoms with van der Waals surface area (Å²) >= 11 is 1.13. The van der Waals surface area contributed by atoms with E-state index in [0.29, 0.717) is 17.0 Å². The predicted molar refractivity (Wildman–Crippen MR) is 84.1 cm³/mol. The molecule has 0 amide bonds. The molecular weight excluding hydrogens is 339 g/mol. The number of aromatic nitrogens is 2. The fraction of sp³-hybridized carbons (Fsp3) is 0.467. The first kappa shape index (κ1) is 17.2. The Kier molecular flexibility index (Phi) is 4.77. The number of thioether (sulfide) groups is 1. The van der Waals surface area contributed by atoms with Crippen LogP contribution in [0.1, 0.15) is 11.5 Å². The topological polar surface area (TPSA) is 109 Å². The quantitative estimate of drug-likeness (QED) is 0.748. The van der Waals surface area contributed by atoms with Gasteiger partial charge in [-0.1, -0.05) is 5.16 Å². The molecule has 0 bridgehead atoms. The van der Waals surface area contributed by atoms with E-state index in [1.807, 2.05) is 0 Å². The second kappa shape index (κ2) is 6.67. The Morgan fingerprint density at radius 2 is 2.04 bits per heavy atom. The van der Waals surface area contributed by atoms with Crippen molar-refractivity contribution in [3.8, 4) is 17.0 Å². The molecule has 2 aromatic heterocycles. The summed E-state index contributed by atoms with van der Waals surface area (Å²) < 4.78 is 24.9. The van der Waals surface area contributed by atoms with Crippen LogP contribution in [0, 0.1) is 19.7 Å². The maximum atomic E-state index is 14.4. The number of aliphatic hydroxyl groups excluding tert-OH is 3. The van der Waals surface area contributed by atoms with Gasteiger partial charge in [-0.3, -0.25) is 0 Å². The molecule has 4 atom stereocenters. The molecule has 0 unspecified atom stereocenters. The summed E-state index contributed by atoms with van der Waals surface area (Å²) in [6, 6.07) is 1.15. The van der Waals surface area contributed by atoms with Crippen LogP contribution in [0.5, 0.6) is 5.75 Å². The van der Waals surface area contributed by atoms with Gasteiger partial charge in [0.15, 0.2) is 11.3 Å². The third kappa shape index (κ3) is 3.12. The highest BCUT2D eigenvalue weighted by Gasteiger charge is 2.38. The number of rotatable bonds is 3. The number of hydrogen-bond acceptors (Lipinski definition) is 8. The van der Waals surface area contributed by atoms with E-state index in [-0.39, 0.29) is 17.2 Å². The van der Waals surface area contributed by atoms with Gasteiger partial charge in [-0.05, 0) is 13.8 Å². The van der Waals surface area contributed by atoms with Gasteiger partial charge in [0.25, 0.3) is 0 Å². The number of pyridine rings is 1. The van der Waals surface area contributed by atoms with Crippen molar-refractivity contribution in [2.75, 3.05) is 5.75 Å². The summed E-state index contributed by atoms with van der Waals surface area (Å²) in [4.78, 5) is 4.06. The highest BCUT2D eigenvalue weighted by Crippen LogP contribution is 2.32. The highest BCUT2D eigenvalue weighted by molar-refractivity contribution is 7.99. The molecule has 3 N–H and O–H groups in total. The Hall–Kier alpha value is -1.68. The smallest absolute Gasteiger partial charge is 0.173 e. The average Bonchev–Trinajstić information content (AvgIpc) is 2.87. The molecule has 1 fully saturated rings. The SMILES string of the molecule is Cc1noc(C)c1-c1ncc(O[C@H]2SC[C@@H](O)[C@H](O)[C@H]2O)cc1F. The molecule has 1 aliphatic rings. The summed E-state index contributed by atoms with van der Waals surface area (Å²) in [5.41, 5.74) is 0.299. The number of nitrogens with zero attached hydrogens (tertiary/aromatic N) is 2. The third-order valence-corrected chi connectivity index (χ3v) is 5.03. The molecule has 1 aliphatic heterocycles. The van der Waals surface area contributed by atoms with E-state index in [1.54, 1.807) is 13.8 Å². The van der Waals surface area contributed by atoms with E-state index in [1.165, 1.54) is 6.20 Å². The maximum Gasteiger partial charge on any atom is 0.173 e. The van der Waals surface area contributed by atoms with Crippen molar-refractivity contribution >= 4 is 11.8 Å². The summed E-state index contributed by atoms with van der Waals surface area (Å²) in [5.74, 6) is 0.166. The van der Waals surface area contributed by atoms with E-state index < -0.39 is 29.6 Å². The molecule has 0 radical (unpaired) electrons. The Bertz CT molecular complexity index is 721. The first-order valence-corrected chi connectivity index (χ1v) is 8.34. The zero-order valence-electron chi connectivity index (χ0n) is 13.0. The molecule has 3 rings (SSSR count). The van der Waals surface area contributed by atoms with Gasteiger partial charge >= 0.3 is 0 Å². The third-order valence-electron chi connectivity index (χ3n) is 3.79. The lowest BCUT2D eigenvalue weighted by atomic mass is 10.1. The first-order valence-electron chi connectivity index (χ1n) is 7.29. The van der Waals surface area contributed by atoms with E-state index in [2.05, 4.69) is 10.1 Å². The van der Waals surface area contributed by atoms with E-state index in [9.17, 15) is 19.7 Å². The Balaban J connectivity index is 1.81. The first-order chi connectivity index (χ1) is 11.4. The number of aryl methyl sites for hydroxylation is 2. The maximum absolute atomic E-state index is 14.4. The molecule has 7 nitrogen and oxygen atoms in total. The van der Waals surface area contributed by atoms with E-state index in [0.717, 1.165) is 17.8 Å². The fourth-order valence-corrected chi connectivity index (χ4v) is 3.63. The molecular formula is C15H17FN2O5S. The van der Waals surface area contributed by atoms with Crippen molar-refractivity contribution in [2.24, 2.45) is 0 Å². The summed E-state index contributed by atoms with van der Waals surface area (Å²) in [7, 11) is 0. The minimum absolute atomic E-state index is 0.103. The number of ether oxygens (including phenoxy) is 1. The van der Waals surface area contributed by atoms with E-state index in [4.69, 9.17) is 9.26 Å². The van der Waals surface area contributed by atoms with Crippen LogP contribution in [0.4, 0.5) is 4.39 Å². The molecule has 0 spiro atoms. The molecule has 0 saturated carbocycles. The molecule has 2 aromatic rings. The van der Waals surface area contributed by atoms with Gasteiger partial charge < -0.3 is 24.6 Å². The lowest BCUT2D eigenvalue weighted by Gasteiger charge is -2.34. The van der Waals surface area contributed by atoms with Gasteiger partial charge in [-0.25, -0.2) is 9.37 Å². The van der Waals surface area contributed by atoms with Crippen molar-refractivity contribution in [1.29, 1.82) is 0 Å². The zero-order chi connectivity index (χ0) is 17.4. The van der Waals surface area contributed by atoms with E-state index >= 15 is 0 Å². The van der Waals surface area contributed by atoms with Crippen molar-refractivity contribution < 1.29 is 29.0 Å². The van der Waals surface area contributed by atoms with Gasteiger partial charge in [-0.2, -0.15) is 0 Å². The minimum atomic E-state index is -1.31. The van der Waals surface area contributed by atoms with Crippen LogP contribution >= 0.6 is 11.8 Å². The molecule has 0 aliphatic carbocycles. The van der Waals surface area contributed by atoms with Crippen molar-refractivity contribution in [3.05, 3.63) is 29.5 Å². The minimum Gasteiger partial charge on any atom is -0.475 e. The Morgan fingerprint density at radius 1 is 1.29 bits per heavy atom. The second-order valence-corrected chi connectivity index (χ2v) is 6.70. The molecule has 3 heterocycles. The summed E-state index contributed by atoms with van der Waals surface area (Å²) in [6.07, 6.45) is -2.30. The number of aliphatic hydroxyl groups is 3. The second-order valence-electron chi connectivity index (χ2n) is 5.57. The highest BCUT2D eigenvalue weighted by atomic mass is 32.2. The van der Waals surface area contributed by atoms with Crippen molar-refractivity contribution in [1.82, 2.24) is 10.1 Å². The van der Waals surface area contributed by atoms with Gasteiger partial charge in [0.1, 0.15) is 29.4 Å². The average molecular weight is 356 g/mol. The normalized spacial score (nSPS) is 27.2. The molecule has 9 heteroatoms. The monoisotopic (exact) mass is 356 g/mol. The van der Waals surface area contributed by atoms with Gasteiger partial charge in [0, 0.05) is 11.8 Å². The Morgan fingerprint density at radius 3 is 2.67 bits per heavy atom. The van der Waals surface area contributed by atoms with Crippen LogP contribution in [0.25, 0.3) is 11.3 Å². The molecule has 0 aromatic carbocycles. The lowest BCUT2D eigenvalue weighted by Crippen LogP contribution is -2.50. The number of halogens is 1. The molecule has 130 valence electrons. The van der Waals surface area contributed by atoms with Crippen molar-refractivity contribution in [3.63, 3.8) is 0 Å². The number of hydrogen-bond donors (Lipinski definition) is 3. The zero-order valence-corrected chi connectivity index (χ0v) is 13.8. The van der Waals surface area contributed by atoms with Gasteiger partial charge in [-0.15, -0.1) is 11.8 Å². The van der Waals surface area contributed by atoms with Crippen LogP contribution in [0.2, 0.25) is 0 Å². The Labute approximate surface area is 141 Å². The predicted octanol–water partition coefficient (Wildman–Crippen LogP) is 1.03. The van der Waals surface area contributed by atoms with Crippen LogP contribution in [0.3, 0.4) is 0 Å². The largest absolute Gasteiger partial charge is 0.475 e. The van der Waals surface area contributed by atoms with Crippen LogP contribution < -0.4 is 4.74 Å². The van der Waals surface area contributed by atoms with Crippen molar-refractivity contribution in [2.45, 2.75) is 37.6 Å². The van der Waals surface area contributed by atoms with Crippen LogP contribution in [-0.4, -0.2) is 55.0 Å². The molecule has 1 saturated heterocycles.